The van der Waals surface area contributed by atoms with Gasteiger partial charge < -0.3 is 10.4 Å². The highest BCUT2D eigenvalue weighted by Crippen LogP contribution is 2.18. The Bertz CT molecular complexity index is 609. The Morgan fingerprint density at radius 1 is 1.15 bits per heavy atom. The molecule has 0 aliphatic heterocycles. The Kier molecular flexibility index (Phi) is 4.10. The number of hydrogen-bond acceptors (Lipinski definition) is 3. The quantitative estimate of drug-likeness (QED) is 0.890. The molecule has 2 rings (SSSR count). The van der Waals surface area contributed by atoms with Crippen LogP contribution in [0.1, 0.15) is 17.3 Å². The maximum absolute atomic E-state index is 11.8. The Morgan fingerprint density at radius 3 is 2.40 bits per heavy atom. The number of aliphatic carboxylic acids is 1. The topological polar surface area (TPSA) is 79.3 Å². The van der Waals surface area contributed by atoms with Crippen molar-refractivity contribution in [3.63, 3.8) is 0 Å². The molecule has 5 nitrogen and oxygen atoms in total. The van der Waals surface area contributed by atoms with E-state index in [2.05, 4.69) is 10.3 Å². The molecule has 1 aromatic carbocycles. The van der Waals surface area contributed by atoms with Crippen LogP contribution in [-0.4, -0.2) is 28.0 Å². The maximum Gasteiger partial charge on any atom is 0.325 e. The molecule has 0 spiro atoms. The molecular weight excluding hydrogens is 256 g/mol. The molecule has 1 unspecified atom stereocenters. The molecule has 0 aliphatic carbocycles. The number of hydrogen-bond donors (Lipinski definition) is 2. The molecule has 20 heavy (non-hydrogen) atoms. The van der Waals surface area contributed by atoms with Crippen molar-refractivity contribution < 1.29 is 14.7 Å². The van der Waals surface area contributed by atoms with E-state index in [0.29, 0.717) is 5.56 Å². The first-order valence-electron chi connectivity index (χ1n) is 6.12. The predicted octanol–water partition coefficient (Wildman–Crippen LogP) is 1.95. The van der Waals surface area contributed by atoms with Crippen molar-refractivity contribution in [2.45, 2.75) is 13.0 Å². The zero-order valence-corrected chi connectivity index (χ0v) is 10.9. The Morgan fingerprint density at radius 2 is 1.85 bits per heavy atom. The second-order valence-corrected chi connectivity index (χ2v) is 4.35. The van der Waals surface area contributed by atoms with Crippen molar-refractivity contribution in [2.24, 2.45) is 0 Å². The van der Waals surface area contributed by atoms with Crippen molar-refractivity contribution in [1.82, 2.24) is 10.3 Å². The number of carboxylic acid groups (broad SMARTS) is 1. The van der Waals surface area contributed by atoms with Crippen molar-refractivity contribution in [3.8, 4) is 11.1 Å². The molecule has 1 atom stereocenters. The first kappa shape index (κ1) is 13.7. The third kappa shape index (κ3) is 3.20. The fourth-order valence-corrected chi connectivity index (χ4v) is 1.69. The van der Waals surface area contributed by atoms with E-state index < -0.39 is 17.9 Å². The van der Waals surface area contributed by atoms with Gasteiger partial charge in [-0.1, -0.05) is 18.2 Å². The Balaban J connectivity index is 2.12. The van der Waals surface area contributed by atoms with Gasteiger partial charge >= 0.3 is 5.97 Å². The number of carbonyl (C=O) groups excluding carboxylic acids is 1. The standard InChI is InChI=1S/C15H14N2O3/c1-10(15(19)20)17-14(18)12-6-4-11(5-7-12)13-3-2-8-16-9-13/h2-10H,1H3,(H,17,18)(H,19,20). The minimum absolute atomic E-state index is 0.405. The first-order chi connectivity index (χ1) is 9.58. The van der Waals surface area contributed by atoms with Gasteiger partial charge in [-0.2, -0.15) is 0 Å². The van der Waals surface area contributed by atoms with Gasteiger partial charge in [0.1, 0.15) is 6.04 Å². The molecule has 2 N–H and O–H groups in total. The maximum atomic E-state index is 11.8. The minimum Gasteiger partial charge on any atom is -0.480 e. The summed E-state index contributed by atoms with van der Waals surface area (Å²) in [5.41, 5.74) is 2.32. The number of rotatable bonds is 4. The van der Waals surface area contributed by atoms with Gasteiger partial charge in [-0.3, -0.25) is 14.6 Å². The summed E-state index contributed by atoms with van der Waals surface area (Å²) in [5, 5.41) is 11.2. The fourth-order valence-electron chi connectivity index (χ4n) is 1.69. The van der Waals surface area contributed by atoms with Gasteiger partial charge in [0.15, 0.2) is 0 Å². The molecule has 2 aromatic rings. The second-order valence-electron chi connectivity index (χ2n) is 4.35. The van der Waals surface area contributed by atoms with Crippen LogP contribution in [0.4, 0.5) is 0 Å². The van der Waals surface area contributed by atoms with E-state index in [1.54, 1.807) is 36.7 Å². The number of pyridine rings is 1. The zero-order valence-electron chi connectivity index (χ0n) is 10.9. The average Bonchev–Trinajstić information content (AvgIpc) is 2.48. The van der Waals surface area contributed by atoms with Crippen molar-refractivity contribution in [3.05, 3.63) is 54.4 Å². The van der Waals surface area contributed by atoms with E-state index in [0.717, 1.165) is 11.1 Å². The predicted molar refractivity (Wildman–Crippen MR) is 74.2 cm³/mol. The molecule has 102 valence electrons. The average molecular weight is 270 g/mol. The van der Waals surface area contributed by atoms with Gasteiger partial charge in [-0.25, -0.2) is 0 Å². The summed E-state index contributed by atoms with van der Waals surface area (Å²) in [6.45, 7) is 1.42. The van der Waals surface area contributed by atoms with Crippen LogP contribution in [0.25, 0.3) is 11.1 Å². The van der Waals surface area contributed by atoms with Gasteiger partial charge in [0.2, 0.25) is 0 Å². The SMILES string of the molecule is CC(NC(=O)c1ccc(-c2cccnc2)cc1)C(=O)O. The van der Waals surface area contributed by atoms with E-state index in [1.165, 1.54) is 6.92 Å². The monoisotopic (exact) mass is 270 g/mol. The number of carboxylic acids is 1. The molecule has 0 saturated carbocycles. The van der Waals surface area contributed by atoms with Gasteiger partial charge in [0.25, 0.3) is 5.91 Å². The van der Waals surface area contributed by atoms with Crippen LogP contribution in [0.3, 0.4) is 0 Å². The molecule has 1 amide bonds. The summed E-state index contributed by atoms with van der Waals surface area (Å²) in [7, 11) is 0. The van der Waals surface area contributed by atoms with Crippen LogP contribution in [0.2, 0.25) is 0 Å². The molecule has 1 heterocycles. The lowest BCUT2D eigenvalue weighted by Gasteiger charge is -2.09. The molecule has 0 radical (unpaired) electrons. The molecule has 0 saturated heterocycles. The van der Waals surface area contributed by atoms with Crippen LogP contribution in [0.5, 0.6) is 0 Å². The number of aromatic nitrogens is 1. The van der Waals surface area contributed by atoms with Gasteiger partial charge in [-0.05, 0) is 36.2 Å². The summed E-state index contributed by atoms with van der Waals surface area (Å²) in [6.07, 6.45) is 3.43. The summed E-state index contributed by atoms with van der Waals surface area (Å²) < 4.78 is 0. The van der Waals surface area contributed by atoms with Crippen molar-refractivity contribution in [1.29, 1.82) is 0 Å². The van der Waals surface area contributed by atoms with Crippen LogP contribution < -0.4 is 5.32 Å². The molecule has 0 fully saturated rings. The summed E-state index contributed by atoms with van der Waals surface area (Å²) in [4.78, 5) is 26.5. The third-order valence-corrected chi connectivity index (χ3v) is 2.86. The normalized spacial score (nSPS) is 11.7. The van der Waals surface area contributed by atoms with Crippen LogP contribution in [0, 0.1) is 0 Å². The van der Waals surface area contributed by atoms with Crippen LogP contribution in [0.15, 0.2) is 48.8 Å². The Labute approximate surface area is 116 Å². The van der Waals surface area contributed by atoms with Gasteiger partial charge in [-0.15, -0.1) is 0 Å². The minimum atomic E-state index is -1.06. The molecule has 0 bridgehead atoms. The molecule has 1 aromatic heterocycles. The summed E-state index contributed by atoms with van der Waals surface area (Å²) in [5.74, 6) is -1.47. The lowest BCUT2D eigenvalue weighted by atomic mass is 10.1. The number of benzene rings is 1. The highest BCUT2D eigenvalue weighted by molar-refractivity contribution is 5.96. The van der Waals surface area contributed by atoms with E-state index in [9.17, 15) is 9.59 Å². The highest BCUT2D eigenvalue weighted by atomic mass is 16.4. The number of amides is 1. The van der Waals surface area contributed by atoms with Crippen LogP contribution >= 0.6 is 0 Å². The van der Waals surface area contributed by atoms with E-state index >= 15 is 0 Å². The van der Waals surface area contributed by atoms with Gasteiger partial charge in [0.05, 0.1) is 0 Å². The lowest BCUT2D eigenvalue weighted by molar-refractivity contribution is -0.138. The largest absolute Gasteiger partial charge is 0.480 e. The number of carbonyl (C=O) groups is 2. The molecule has 0 aliphatic rings. The first-order valence-corrected chi connectivity index (χ1v) is 6.12. The third-order valence-electron chi connectivity index (χ3n) is 2.86. The van der Waals surface area contributed by atoms with Crippen molar-refractivity contribution in [2.75, 3.05) is 0 Å². The van der Waals surface area contributed by atoms with E-state index in [1.807, 2.05) is 12.1 Å². The molecular formula is C15H14N2O3. The van der Waals surface area contributed by atoms with E-state index in [-0.39, 0.29) is 0 Å². The van der Waals surface area contributed by atoms with Gasteiger partial charge in [0, 0.05) is 18.0 Å². The lowest BCUT2D eigenvalue weighted by Crippen LogP contribution is -2.38. The summed E-state index contributed by atoms with van der Waals surface area (Å²) >= 11 is 0. The molecule has 5 heteroatoms. The smallest absolute Gasteiger partial charge is 0.325 e. The highest BCUT2D eigenvalue weighted by Gasteiger charge is 2.15. The van der Waals surface area contributed by atoms with Crippen molar-refractivity contribution >= 4 is 11.9 Å². The van der Waals surface area contributed by atoms with Crippen LogP contribution in [-0.2, 0) is 4.79 Å². The zero-order chi connectivity index (χ0) is 14.5. The summed E-state index contributed by atoms with van der Waals surface area (Å²) in [6, 6.07) is 9.77. The number of nitrogens with one attached hydrogen (secondary N) is 1. The number of nitrogens with zero attached hydrogens (tertiary/aromatic N) is 1. The fraction of sp³-hybridized carbons (Fsp3) is 0.133. The van der Waals surface area contributed by atoms with E-state index in [4.69, 9.17) is 5.11 Å². The second kappa shape index (κ2) is 5.97. The Hall–Kier alpha value is -2.69.